The Morgan fingerprint density at radius 1 is 1.22 bits per heavy atom. The molecule has 0 saturated heterocycles. The van der Waals surface area contributed by atoms with Crippen molar-refractivity contribution in [1.29, 1.82) is 0 Å². The van der Waals surface area contributed by atoms with Crippen LogP contribution in [0.1, 0.15) is 5.56 Å². The number of hydrogen-bond acceptors (Lipinski definition) is 1. The molecule has 1 nitrogen and oxygen atoms in total. The van der Waals surface area contributed by atoms with Crippen molar-refractivity contribution < 1.29 is 3.79 Å². The van der Waals surface area contributed by atoms with Gasteiger partial charge in [-0.3, -0.25) is 0 Å². The molecule has 2 heteroatoms. The molecule has 9 heavy (non-hydrogen) atoms. The van der Waals surface area contributed by atoms with E-state index in [1.165, 1.54) is 5.56 Å². The van der Waals surface area contributed by atoms with Crippen LogP contribution in [0.25, 0.3) is 0 Å². The highest BCUT2D eigenvalue weighted by Gasteiger charge is 1.83. The van der Waals surface area contributed by atoms with Gasteiger partial charge in [0.05, 0.1) is 0 Å². The molecule has 0 fully saturated rings. The molecule has 0 saturated carbocycles. The van der Waals surface area contributed by atoms with E-state index in [-0.39, 0.29) is 0 Å². The van der Waals surface area contributed by atoms with Crippen LogP contribution >= 0.6 is 0 Å². The van der Waals surface area contributed by atoms with Gasteiger partial charge in [-0.1, -0.05) is 30.3 Å². The van der Waals surface area contributed by atoms with Gasteiger partial charge in [0.1, 0.15) is 0 Å². The number of hydrogen-bond donors (Lipinski definition) is 0. The lowest BCUT2D eigenvalue weighted by Crippen LogP contribution is -1.85. The number of benzene rings is 1. The minimum Gasteiger partial charge on any atom is -0.513 e. The van der Waals surface area contributed by atoms with Gasteiger partial charge in [-0.2, -0.15) is 0 Å². The van der Waals surface area contributed by atoms with Gasteiger partial charge >= 0.3 is 16.6 Å². The topological polar surface area (TPSA) is 9.23 Å². The molecule has 44 valence electrons. The molecule has 1 aromatic rings. The molecule has 0 unspecified atom stereocenters. The third kappa shape index (κ3) is 2.19. The van der Waals surface area contributed by atoms with Crippen LogP contribution in [0.15, 0.2) is 30.3 Å². The summed E-state index contributed by atoms with van der Waals surface area (Å²) in [7, 11) is 0. The highest BCUT2D eigenvalue weighted by molar-refractivity contribution is 5.97. The fraction of sp³-hybridized carbons (Fsp3) is 0.143. The summed E-state index contributed by atoms with van der Waals surface area (Å²) in [5.41, 5.74) is 1.20. The molecular weight excluding hydrogens is 127 g/mol. The molecule has 0 aliphatic rings. The molecule has 0 aromatic heterocycles. The normalized spacial score (nSPS) is 9.33. The van der Waals surface area contributed by atoms with Gasteiger partial charge in [0, 0.05) is 6.61 Å². The summed E-state index contributed by atoms with van der Waals surface area (Å²) >= 11 is 2.23. The Bertz CT molecular complexity index is 162. The highest BCUT2D eigenvalue weighted by atomic mass is 27.1. The number of rotatable bonds is 2. The molecule has 0 aliphatic heterocycles. The minimum absolute atomic E-state index is 0.672. The van der Waals surface area contributed by atoms with Crippen molar-refractivity contribution >= 4 is 16.6 Å². The monoisotopic (exact) mass is 134 g/mol. The van der Waals surface area contributed by atoms with E-state index in [2.05, 4.69) is 16.6 Å². The lowest BCUT2D eigenvalue weighted by atomic mass is 10.2. The third-order valence-corrected chi connectivity index (χ3v) is 1.26. The first-order valence-electron chi connectivity index (χ1n) is 2.79. The predicted molar refractivity (Wildman–Crippen MR) is 37.0 cm³/mol. The van der Waals surface area contributed by atoms with Crippen molar-refractivity contribution in [2.75, 3.05) is 0 Å². The van der Waals surface area contributed by atoms with E-state index in [1.807, 2.05) is 30.3 Å². The minimum atomic E-state index is 0.672. The molecule has 0 atom stereocenters. The van der Waals surface area contributed by atoms with Crippen molar-refractivity contribution in [3.63, 3.8) is 0 Å². The highest BCUT2D eigenvalue weighted by Crippen LogP contribution is 1.97. The molecule has 1 rings (SSSR count). The van der Waals surface area contributed by atoms with Crippen molar-refractivity contribution in [3.8, 4) is 0 Å². The van der Waals surface area contributed by atoms with E-state index in [9.17, 15) is 0 Å². The molecule has 0 bridgehead atoms. The summed E-state index contributed by atoms with van der Waals surface area (Å²) in [4.78, 5) is 0. The molecule has 0 N–H and O–H groups in total. The Morgan fingerprint density at radius 2 is 1.89 bits per heavy atom. The van der Waals surface area contributed by atoms with Gasteiger partial charge in [0.25, 0.3) is 0 Å². The predicted octanol–water partition coefficient (Wildman–Crippen LogP) is 1.29. The zero-order chi connectivity index (χ0) is 6.53. The SMILES string of the molecule is [Al][O]Cc1ccccc1. The second-order valence-electron chi connectivity index (χ2n) is 1.80. The van der Waals surface area contributed by atoms with Crippen molar-refractivity contribution in [1.82, 2.24) is 0 Å². The van der Waals surface area contributed by atoms with Crippen LogP contribution in [0.5, 0.6) is 0 Å². The lowest BCUT2D eigenvalue weighted by molar-refractivity contribution is 0.338. The van der Waals surface area contributed by atoms with Crippen LogP contribution in [-0.2, 0) is 10.4 Å². The summed E-state index contributed by atoms with van der Waals surface area (Å²) in [6.07, 6.45) is 0. The molecular formula is C7H7AlO. The first-order valence-corrected chi connectivity index (χ1v) is 3.26. The van der Waals surface area contributed by atoms with Gasteiger partial charge in [0.15, 0.2) is 0 Å². The average molecular weight is 134 g/mol. The maximum Gasteiger partial charge on any atom is 0.369 e. The van der Waals surface area contributed by atoms with E-state index in [0.717, 1.165) is 0 Å². The second-order valence-corrected chi connectivity index (χ2v) is 2.13. The summed E-state index contributed by atoms with van der Waals surface area (Å²) in [5.74, 6) is 0. The standard InChI is InChI=1S/C7H7O.Al/c8-6-7-4-2-1-3-5-7;/h1-5H,6H2;/q-1;+1. The lowest BCUT2D eigenvalue weighted by Gasteiger charge is -1.97. The second kappa shape index (κ2) is 3.68. The van der Waals surface area contributed by atoms with Crippen LogP contribution in [0.3, 0.4) is 0 Å². The molecule has 0 heterocycles. The fourth-order valence-corrected chi connectivity index (χ4v) is 0.863. The van der Waals surface area contributed by atoms with E-state index in [1.54, 1.807) is 0 Å². The summed E-state index contributed by atoms with van der Waals surface area (Å²) in [6, 6.07) is 10.1. The summed E-state index contributed by atoms with van der Waals surface area (Å²) in [5, 5.41) is 0. The van der Waals surface area contributed by atoms with E-state index >= 15 is 0 Å². The Kier molecular flexibility index (Phi) is 2.79. The van der Waals surface area contributed by atoms with Gasteiger partial charge in [-0.05, 0) is 5.56 Å². The van der Waals surface area contributed by atoms with Crippen LogP contribution in [-0.4, -0.2) is 16.6 Å². The van der Waals surface area contributed by atoms with Gasteiger partial charge in [-0.25, -0.2) is 0 Å². The van der Waals surface area contributed by atoms with E-state index in [4.69, 9.17) is 3.79 Å². The van der Waals surface area contributed by atoms with Gasteiger partial charge in [0.2, 0.25) is 0 Å². The van der Waals surface area contributed by atoms with Crippen molar-refractivity contribution in [2.24, 2.45) is 0 Å². The van der Waals surface area contributed by atoms with E-state index in [0.29, 0.717) is 6.61 Å². The largest absolute Gasteiger partial charge is 0.513 e. The van der Waals surface area contributed by atoms with Crippen LogP contribution in [0, 0.1) is 0 Å². The van der Waals surface area contributed by atoms with Gasteiger partial charge in [-0.15, -0.1) is 0 Å². The average Bonchev–Trinajstić information content (AvgIpc) is 1.91. The first kappa shape index (κ1) is 6.83. The third-order valence-electron chi connectivity index (χ3n) is 1.09. The van der Waals surface area contributed by atoms with Crippen LogP contribution in [0.4, 0.5) is 0 Å². The van der Waals surface area contributed by atoms with Crippen molar-refractivity contribution in [3.05, 3.63) is 35.9 Å². The zero-order valence-corrected chi connectivity index (χ0v) is 6.23. The molecule has 0 amide bonds. The Balaban J connectivity index is 2.61. The maximum absolute atomic E-state index is 4.84. The van der Waals surface area contributed by atoms with Crippen LogP contribution < -0.4 is 0 Å². The van der Waals surface area contributed by atoms with Crippen LogP contribution in [0.2, 0.25) is 0 Å². The summed E-state index contributed by atoms with van der Waals surface area (Å²) < 4.78 is 4.84. The van der Waals surface area contributed by atoms with Gasteiger partial charge < -0.3 is 3.79 Å². The molecule has 1 aromatic carbocycles. The maximum atomic E-state index is 4.84. The fourth-order valence-electron chi connectivity index (χ4n) is 0.670. The Morgan fingerprint density at radius 3 is 2.44 bits per heavy atom. The first-order chi connectivity index (χ1) is 4.43. The van der Waals surface area contributed by atoms with Crippen molar-refractivity contribution in [2.45, 2.75) is 6.61 Å². The zero-order valence-electron chi connectivity index (χ0n) is 5.08. The molecule has 2 radical (unpaired) electrons. The van der Waals surface area contributed by atoms with E-state index < -0.39 is 0 Å². The smallest absolute Gasteiger partial charge is 0.369 e. The Hall–Kier alpha value is -0.288. The molecule has 0 aliphatic carbocycles. The summed E-state index contributed by atoms with van der Waals surface area (Å²) in [6.45, 7) is 0.672. The molecule has 0 spiro atoms. The Labute approximate surface area is 63.4 Å². The quantitative estimate of drug-likeness (QED) is 0.554.